The minimum atomic E-state index is -4.07. The third kappa shape index (κ3) is 5.61. The molecule has 0 radical (unpaired) electrons. The molecule has 0 aromatic heterocycles. The summed E-state index contributed by atoms with van der Waals surface area (Å²) in [7, 11) is -4.07. The predicted molar refractivity (Wildman–Crippen MR) is 125 cm³/mol. The van der Waals surface area contributed by atoms with Crippen LogP contribution in [-0.2, 0) is 10.1 Å². The molecule has 0 bridgehead atoms. The van der Waals surface area contributed by atoms with Gasteiger partial charge in [-0.15, -0.1) is 0 Å². The van der Waals surface area contributed by atoms with E-state index in [9.17, 15) is 8.42 Å². The molecule has 150 valence electrons. The van der Waals surface area contributed by atoms with Gasteiger partial charge >= 0.3 is 10.1 Å². The molecule has 0 aliphatic carbocycles. The summed E-state index contributed by atoms with van der Waals surface area (Å²) < 4.78 is 32.0. The molecule has 29 heavy (non-hydrogen) atoms. The Morgan fingerprint density at radius 2 is 1.62 bits per heavy atom. The monoisotopic (exact) mass is 575 g/mol. The van der Waals surface area contributed by atoms with Crippen molar-refractivity contribution in [3.8, 4) is 5.75 Å². The van der Waals surface area contributed by atoms with Gasteiger partial charge in [0.25, 0.3) is 0 Å². The van der Waals surface area contributed by atoms with E-state index in [1.807, 2.05) is 13.0 Å². The Kier molecular flexibility index (Phi) is 7.06. The maximum absolute atomic E-state index is 12.7. The van der Waals surface area contributed by atoms with E-state index in [1.165, 1.54) is 30.5 Å². The van der Waals surface area contributed by atoms with Crippen molar-refractivity contribution in [3.63, 3.8) is 0 Å². The second-order valence-electron chi connectivity index (χ2n) is 5.99. The molecule has 0 spiro atoms. The molecule has 0 saturated heterocycles. The number of halogens is 4. The Bertz CT molecular complexity index is 1200. The molecule has 0 aliphatic rings. The first-order valence-electron chi connectivity index (χ1n) is 8.15. The molecule has 0 aliphatic heterocycles. The van der Waals surface area contributed by atoms with Crippen LogP contribution in [0.1, 0.15) is 11.1 Å². The summed E-state index contributed by atoms with van der Waals surface area (Å²) >= 11 is 18.6. The largest absolute Gasteiger partial charge is 0.377 e. The molecule has 0 N–H and O–H groups in total. The van der Waals surface area contributed by atoms with Gasteiger partial charge in [-0.05, 0) is 76.9 Å². The van der Waals surface area contributed by atoms with Gasteiger partial charge in [-0.3, -0.25) is 4.99 Å². The maximum Gasteiger partial charge on any atom is 0.339 e. The first-order chi connectivity index (χ1) is 13.7. The van der Waals surface area contributed by atoms with Crippen molar-refractivity contribution >= 4 is 77.1 Å². The van der Waals surface area contributed by atoms with Crippen LogP contribution in [0.3, 0.4) is 0 Å². The highest BCUT2D eigenvalue weighted by Crippen LogP contribution is 2.35. The van der Waals surface area contributed by atoms with Crippen molar-refractivity contribution in [2.24, 2.45) is 4.99 Å². The third-order valence-corrected chi connectivity index (χ3v) is 6.62. The van der Waals surface area contributed by atoms with E-state index in [1.54, 1.807) is 24.3 Å². The molecule has 0 saturated carbocycles. The zero-order valence-corrected chi connectivity index (χ0v) is 20.4. The molecule has 3 aromatic carbocycles. The van der Waals surface area contributed by atoms with E-state index in [4.69, 9.17) is 27.4 Å². The minimum Gasteiger partial charge on any atom is -0.377 e. The lowest BCUT2D eigenvalue weighted by molar-refractivity contribution is 0.484. The van der Waals surface area contributed by atoms with E-state index in [-0.39, 0.29) is 10.6 Å². The first kappa shape index (κ1) is 22.3. The topological polar surface area (TPSA) is 55.7 Å². The van der Waals surface area contributed by atoms with Gasteiger partial charge in [-0.25, -0.2) is 0 Å². The van der Waals surface area contributed by atoms with E-state index in [0.29, 0.717) is 25.8 Å². The Labute approximate surface area is 195 Å². The zero-order valence-electron chi connectivity index (χ0n) is 14.9. The number of rotatable bonds is 5. The molecule has 0 atom stereocenters. The average Bonchev–Trinajstić information content (AvgIpc) is 2.65. The molecule has 0 unspecified atom stereocenters. The average molecular weight is 578 g/mol. The SMILES string of the molecule is Cc1ccc(Cl)cc1N=Cc1cc(Br)cc(Br)c1OS(=O)(=O)c1ccc(Cl)cc1. The summed E-state index contributed by atoms with van der Waals surface area (Å²) in [5.41, 5.74) is 2.05. The number of hydrogen-bond donors (Lipinski definition) is 0. The van der Waals surface area contributed by atoms with E-state index in [0.717, 1.165) is 10.0 Å². The molecule has 0 amide bonds. The van der Waals surface area contributed by atoms with Crippen LogP contribution in [0, 0.1) is 6.92 Å². The van der Waals surface area contributed by atoms with E-state index in [2.05, 4.69) is 36.9 Å². The van der Waals surface area contributed by atoms with Crippen molar-refractivity contribution in [1.82, 2.24) is 0 Å². The van der Waals surface area contributed by atoms with Gasteiger partial charge in [0.1, 0.15) is 4.90 Å². The second-order valence-corrected chi connectivity index (χ2v) is 10.2. The Morgan fingerprint density at radius 3 is 2.31 bits per heavy atom. The van der Waals surface area contributed by atoms with Crippen molar-refractivity contribution in [2.75, 3.05) is 0 Å². The normalized spacial score (nSPS) is 11.8. The molecule has 3 rings (SSSR count). The quantitative estimate of drug-likeness (QED) is 0.235. The number of nitrogens with zero attached hydrogens (tertiary/aromatic N) is 1. The number of aliphatic imine (C=N–C) groups is 1. The van der Waals surface area contributed by atoms with Gasteiger partial charge < -0.3 is 4.18 Å². The standard InChI is InChI=1S/C20H13Br2Cl2NO3S/c1-12-2-3-16(24)10-19(12)25-11-13-8-14(21)9-18(22)20(13)28-29(26,27)17-6-4-15(23)5-7-17/h2-11H,1H3. The number of aryl methyl sites for hydroxylation is 1. The van der Waals surface area contributed by atoms with Gasteiger partial charge in [0, 0.05) is 26.3 Å². The summed E-state index contributed by atoms with van der Waals surface area (Å²) in [5, 5.41) is 0.985. The minimum absolute atomic E-state index is 0.00899. The zero-order chi connectivity index (χ0) is 21.2. The fourth-order valence-corrected chi connectivity index (χ4v) is 5.09. The summed E-state index contributed by atoms with van der Waals surface area (Å²) in [5.74, 6) is 0.117. The summed E-state index contributed by atoms with van der Waals surface area (Å²) in [6, 6.07) is 14.5. The van der Waals surface area contributed by atoms with Crippen molar-refractivity contribution in [2.45, 2.75) is 11.8 Å². The van der Waals surface area contributed by atoms with Crippen LogP contribution in [0.15, 0.2) is 73.4 Å². The molecule has 0 fully saturated rings. The second kappa shape index (κ2) is 9.18. The fraction of sp³-hybridized carbons (Fsp3) is 0.0500. The lowest BCUT2D eigenvalue weighted by Crippen LogP contribution is -2.11. The van der Waals surface area contributed by atoms with Gasteiger partial charge in [0.05, 0.1) is 10.2 Å². The number of hydrogen-bond acceptors (Lipinski definition) is 4. The van der Waals surface area contributed by atoms with Crippen LogP contribution in [0.4, 0.5) is 5.69 Å². The van der Waals surface area contributed by atoms with Crippen LogP contribution >= 0.6 is 55.1 Å². The van der Waals surface area contributed by atoms with Crippen LogP contribution in [0.2, 0.25) is 10.0 Å². The van der Waals surface area contributed by atoms with Gasteiger partial charge in [-0.2, -0.15) is 8.42 Å². The van der Waals surface area contributed by atoms with Gasteiger partial charge in [0.2, 0.25) is 0 Å². The van der Waals surface area contributed by atoms with Crippen LogP contribution in [-0.4, -0.2) is 14.6 Å². The van der Waals surface area contributed by atoms with Crippen molar-refractivity contribution < 1.29 is 12.6 Å². The van der Waals surface area contributed by atoms with Gasteiger partial charge in [-0.1, -0.05) is 45.2 Å². The molecular formula is C20H13Br2Cl2NO3S. The van der Waals surface area contributed by atoms with Crippen LogP contribution in [0.25, 0.3) is 0 Å². The summed E-state index contributed by atoms with van der Waals surface area (Å²) in [6.45, 7) is 1.90. The smallest absolute Gasteiger partial charge is 0.339 e. The highest BCUT2D eigenvalue weighted by atomic mass is 79.9. The van der Waals surface area contributed by atoms with E-state index < -0.39 is 10.1 Å². The van der Waals surface area contributed by atoms with Crippen molar-refractivity contribution in [3.05, 3.63) is 84.7 Å². The lowest BCUT2D eigenvalue weighted by atomic mass is 10.2. The maximum atomic E-state index is 12.7. The third-order valence-electron chi connectivity index (χ3n) is 3.85. The highest BCUT2D eigenvalue weighted by Gasteiger charge is 2.21. The Morgan fingerprint density at radius 1 is 0.966 bits per heavy atom. The van der Waals surface area contributed by atoms with E-state index >= 15 is 0 Å². The summed E-state index contributed by atoms with van der Waals surface area (Å²) in [4.78, 5) is 4.44. The fourth-order valence-electron chi connectivity index (χ4n) is 2.38. The lowest BCUT2D eigenvalue weighted by Gasteiger charge is -2.12. The highest BCUT2D eigenvalue weighted by molar-refractivity contribution is 9.11. The van der Waals surface area contributed by atoms with Crippen LogP contribution < -0.4 is 4.18 Å². The predicted octanol–water partition coefficient (Wildman–Crippen LogP) is 7.35. The molecule has 3 aromatic rings. The Hall–Kier alpha value is -1.38. The molecular weight excluding hydrogens is 565 g/mol. The summed E-state index contributed by atoms with van der Waals surface area (Å²) in [6.07, 6.45) is 1.53. The molecule has 9 heteroatoms. The molecule has 4 nitrogen and oxygen atoms in total. The Balaban J connectivity index is 2.02. The molecule has 0 heterocycles. The van der Waals surface area contributed by atoms with Gasteiger partial charge in [0.15, 0.2) is 5.75 Å². The first-order valence-corrected chi connectivity index (χ1v) is 11.9. The number of benzene rings is 3. The van der Waals surface area contributed by atoms with Crippen LogP contribution in [0.5, 0.6) is 5.75 Å². The van der Waals surface area contributed by atoms with Crippen molar-refractivity contribution in [1.29, 1.82) is 0 Å².